The second-order valence-electron chi connectivity index (χ2n) is 4.56. The molecule has 1 fully saturated rings. The first-order valence-electron chi connectivity index (χ1n) is 5.62. The van der Waals surface area contributed by atoms with Gasteiger partial charge in [-0.2, -0.15) is 0 Å². The van der Waals surface area contributed by atoms with Gasteiger partial charge in [-0.15, -0.1) is 0 Å². The first-order chi connectivity index (χ1) is 8.51. The Hall–Kier alpha value is -1.17. The van der Waals surface area contributed by atoms with Gasteiger partial charge in [0, 0.05) is 19.6 Å². The Morgan fingerprint density at radius 1 is 1.56 bits per heavy atom. The second kappa shape index (κ2) is 5.22. The Labute approximate surface area is 109 Å². The third-order valence-corrected chi connectivity index (χ3v) is 3.36. The lowest BCUT2D eigenvalue weighted by Crippen LogP contribution is -2.68. The molecular weight excluding hydrogens is 259 g/mol. The molecule has 0 spiro atoms. The van der Waals surface area contributed by atoms with Gasteiger partial charge in [-0.3, -0.25) is 4.79 Å². The summed E-state index contributed by atoms with van der Waals surface area (Å²) >= 11 is 5.69. The van der Waals surface area contributed by atoms with Crippen LogP contribution in [-0.2, 0) is 11.3 Å². The van der Waals surface area contributed by atoms with Crippen LogP contribution in [0.3, 0.4) is 0 Å². The Bertz CT molecular complexity index is 463. The second-order valence-corrected chi connectivity index (χ2v) is 4.96. The van der Waals surface area contributed by atoms with E-state index in [1.165, 1.54) is 6.07 Å². The summed E-state index contributed by atoms with van der Waals surface area (Å²) in [5.41, 5.74) is 0.422. The van der Waals surface area contributed by atoms with Crippen LogP contribution in [-0.4, -0.2) is 29.7 Å². The lowest BCUT2D eigenvalue weighted by atomic mass is 9.88. The van der Waals surface area contributed by atoms with Crippen LogP contribution >= 0.6 is 11.6 Å². The fourth-order valence-electron chi connectivity index (χ4n) is 1.97. The quantitative estimate of drug-likeness (QED) is 0.758. The molecule has 6 heteroatoms. The fraction of sp³-hybridized carbons (Fsp3) is 0.417. The van der Waals surface area contributed by atoms with Crippen molar-refractivity contribution in [3.8, 4) is 0 Å². The van der Waals surface area contributed by atoms with E-state index >= 15 is 0 Å². The van der Waals surface area contributed by atoms with E-state index in [0.29, 0.717) is 19.6 Å². The minimum absolute atomic E-state index is 0.0644. The average molecular weight is 273 g/mol. The van der Waals surface area contributed by atoms with Gasteiger partial charge in [-0.05, 0) is 17.7 Å². The minimum Gasteiger partial charge on any atom is -0.481 e. The highest BCUT2D eigenvalue weighted by molar-refractivity contribution is 6.30. The number of halogens is 2. The lowest BCUT2D eigenvalue weighted by molar-refractivity contribution is -0.139. The maximum absolute atomic E-state index is 13.0. The first kappa shape index (κ1) is 13.3. The number of aliphatic carboxylic acids is 1. The van der Waals surface area contributed by atoms with Crippen molar-refractivity contribution in [1.82, 2.24) is 10.6 Å². The lowest BCUT2D eigenvalue weighted by Gasteiger charge is -2.42. The number of rotatable bonds is 5. The molecule has 18 heavy (non-hydrogen) atoms. The highest BCUT2D eigenvalue weighted by Crippen LogP contribution is 2.19. The molecule has 3 N–H and O–H groups in total. The number of hydrogen-bond acceptors (Lipinski definition) is 3. The predicted molar refractivity (Wildman–Crippen MR) is 66.1 cm³/mol. The van der Waals surface area contributed by atoms with Crippen molar-refractivity contribution < 1.29 is 14.3 Å². The Morgan fingerprint density at radius 3 is 2.78 bits per heavy atom. The van der Waals surface area contributed by atoms with Gasteiger partial charge in [0.25, 0.3) is 0 Å². The number of benzene rings is 1. The van der Waals surface area contributed by atoms with Crippen molar-refractivity contribution in [2.24, 2.45) is 0 Å². The Balaban J connectivity index is 1.97. The van der Waals surface area contributed by atoms with Crippen molar-refractivity contribution in [2.45, 2.75) is 18.5 Å². The van der Waals surface area contributed by atoms with Crippen LogP contribution in [0.25, 0.3) is 0 Å². The normalized spacial score (nSPS) is 17.2. The number of hydrogen-bond donors (Lipinski definition) is 3. The zero-order valence-corrected chi connectivity index (χ0v) is 10.4. The topological polar surface area (TPSA) is 61.4 Å². The van der Waals surface area contributed by atoms with Crippen LogP contribution < -0.4 is 10.6 Å². The van der Waals surface area contributed by atoms with Crippen molar-refractivity contribution in [3.63, 3.8) is 0 Å². The van der Waals surface area contributed by atoms with Crippen LogP contribution in [0.5, 0.6) is 0 Å². The fourth-order valence-corrected chi connectivity index (χ4v) is 2.17. The van der Waals surface area contributed by atoms with Gasteiger partial charge in [0.05, 0.1) is 17.0 Å². The van der Waals surface area contributed by atoms with Crippen molar-refractivity contribution in [3.05, 3.63) is 34.6 Å². The molecule has 1 aliphatic rings. The van der Waals surface area contributed by atoms with E-state index in [1.54, 1.807) is 12.1 Å². The Morgan fingerprint density at radius 2 is 2.28 bits per heavy atom. The molecule has 0 atom stereocenters. The maximum atomic E-state index is 13.0. The van der Waals surface area contributed by atoms with Crippen molar-refractivity contribution in [1.29, 1.82) is 0 Å². The van der Waals surface area contributed by atoms with E-state index in [2.05, 4.69) is 10.6 Å². The molecule has 98 valence electrons. The largest absolute Gasteiger partial charge is 0.481 e. The highest BCUT2D eigenvalue weighted by atomic mass is 35.5. The molecule has 2 rings (SSSR count). The summed E-state index contributed by atoms with van der Waals surface area (Å²) in [6.07, 6.45) is 0.0644. The standard InChI is InChI=1S/C12H14ClFN2O2/c13-9-3-8(1-2-10(9)14)5-16-12(4-11(17)18)6-15-7-12/h1-3,15-16H,4-7H2,(H,17,18). The summed E-state index contributed by atoms with van der Waals surface area (Å²) < 4.78 is 13.0. The molecule has 1 aromatic carbocycles. The van der Waals surface area contributed by atoms with Crippen LogP contribution in [0, 0.1) is 5.82 Å². The van der Waals surface area contributed by atoms with Gasteiger partial charge in [-0.25, -0.2) is 4.39 Å². The number of carboxylic acids is 1. The van der Waals surface area contributed by atoms with E-state index in [0.717, 1.165) is 5.56 Å². The number of carbonyl (C=O) groups is 1. The average Bonchev–Trinajstić information content (AvgIpc) is 2.26. The van der Waals surface area contributed by atoms with Crippen LogP contribution in [0.2, 0.25) is 5.02 Å². The third-order valence-electron chi connectivity index (χ3n) is 3.07. The summed E-state index contributed by atoms with van der Waals surface area (Å²) in [6, 6.07) is 4.49. The van der Waals surface area contributed by atoms with E-state index in [1.807, 2.05) is 0 Å². The molecule has 0 saturated carbocycles. The van der Waals surface area contributed by atoms with Gasteiger partial charge in [-0.1, -0.05) is 17.7 Å². The molecule has 0 bridgehead atoms. The summed E-state index contributed by atoms with van der Waals surface area (Å²) in [6.45, 7) is 1.71. The molecule has 0 aromatic heterocycles. The van der Waals surface area contributed by atoms with E-state index in [-0.39, 0.29) is 11.4 Å². The molecule has 0 radical (unpaired) electrons. The highest BCUT2D eigenvalue weighted by Gasteiger charge is 2.38. The summed E-state index contributed by atoms with van der Waals surface area (Å²) in [5, 5.41) is 15.2. The molecular formula is C12H14ClFN2O2. The number of carboxylic acid groups (broad SMARTS) is 1. The van der Waals surface area contributed by atoms with Gasteiger partial charge >= 0.3 is 5.97 Å². The van der Waals surface area contributed by atoms with Gasteiger partial charge in [0.1, 0.15) is 5.82 Å². The summed E-state index contributed by atoms with van der Waals surface area (Å²) in [7, 11) is 0. The molecule has 1 heterocycles. The van der Waals surface area contributed by atoms with Crippen LogP contribution in [0.4, 0.5) is 4.39 Å². The molecule has 1 aliphatic heterocycles. The Kier molecular flexibility index (Phi) is 3.85. The summed E-state index contributed by atoms with van der Waals surface area (Å²) in [4.78, 5) is 10.8. The summed E-state index contributed by atoms with van der Waals surface area (Å²) in [5.74, 6) is -1.29. The monoisotopic (exact) mass is 272 g/mol. The molecule has 1 aromatic rings. The predicted octanol–water partition coefficient (Wildman–Crippen LogP) is 1.39. The maximum Gasteiger partial charge on any atom is 0.305 e. The minimum atomic E-state index is -0.832. The van der Waals surface area contributed by atoms with Gasteiger partial charge in [0.15, 0.2) is 0 Å². The number of nitrogens with one attached hydrogen (secondary N) is 2. The molecule has 1 saturated heterocycles. The van der Waals surface area contributed by atoms with Crippen molar-refractivity contribution in [2.75, 3.05) is 13.1 Å². The zero-order chi connectivity index (χ0) is 13.2. The molecule has 0 amide bonds. The van der Waals surface area contributed by atoms with Gasteiger partial charge < -0.3 is 15.7 Å². The van der Waals surface area contributed by atoms with E-state index in [4.69, 9.17) is 16.7 Å². The smallest absolute Gasteiger partial charge is 0.305 e. The molecule has 0 aliphatic carbocycles. The first-order valence-corrected chi connectivity index (χ1v) is 6.00. The van der Waals surface area contributed by atoms with Crippen molar-refractivity contribution >= 4 is 17.6 Å². The molecule has 4 nitrogen and oxygen atoms in total. The van der Waals surface area contributed by atoms with E-state index in [9.17, 15) is 9.18 Å². The molecule has 0 unspecified atom stereocenters. The SMILES string of the molecule is O=C(O)CC1(NCc2ccc(F)c(Cl)c2)CNC1. The third kappa shape index (κ3) is 2.98. The zero-order valence-electron chi connectivity index (χ0n) is 9.67. The van der Waals surface area contributed by atoms with Crippen LogP contribution in [0.1, 0.15) is 12.0 Å². The van der Waals surface area contributed by atoms with Crippen LogP contribution in [0.15, 0.2) is 18.2 Å². The van der Waals surface area contributed by atoms with E-state index < -0.39 is 17.3 Å². The van der Waals surface area contributed by atoms with Gasteiger partial charge in [0.2, 0.25) is 0 Å².